The van der Waals surface area contributed by atoms with Crippen LogP contribution in [0.4, 0.5) is 0 Å². The van der Waals surface area contributed by atoms with Crippen LogP contribution in [0.5, 0.6) is 0 Å². The van der Waals surface area contributed by atoms with E-state index in [0.29, 0.717) is 52.0 Å². The van der Waals surface area contributed by atoms with Gasteiger partial charge in [0.05, 0.1) is 49.8 Å². The molecule has 274 valence electrons. The molecule has 4 heterocycles. The molecule has 1 spiro atoms. The fraction of sp³-hybridized carbons (Fsp3) is 0.632. The zero-order valence-electron chi connectivity index (χ0n) is 29.5. The van der Waals surface area contributed by atoms with Gasteiger partial charge in [-0.3, -0.25) is 24.1 Å². The van der Waals surface area contributed by atoms with Crippen LogP contribution in [0.1, 0.15) is 57.6 Å². The first-order valence-electron chi connectivity index (χ1n) is 18.1. The largest absolute Gasteiger partial charge is 0.463 e. The van der Waals surface area contributed by atoms with Gasteiger partial charge in [-0.2, -0.15) is 0 Å². The van der Waals surface area contributed by atoms with E-state index in [2.05, 4.69) is 23.4 Å². The van der Waals surface area contributed by atoms with Gasteiger partial charge in [-0.05, 0) is 37.2 Å². The van der Waals surface area contributed by atoms with E-state index in [9.17, 15) is 24.3 Å². The van der Waals surface area contributed by atoms with Crippen molar-refractivity contribution in [2.45, 2.75) is 75.8 Å². The lowest BCUT2D eigenvalue weighted by atomic mass is 9.70. The molecule has 0 aromatic heterocycles. The molecule has 12 nitrogen and oxygen atoms in total. The number of carbonyl (C=O) groups is 4. The maximum Gasteiger partial charge on any atom is 0.306 e. The number of rotatable bonds is 18. The molecule has 0 aliphatic carbocycles. The number of morpholine rings is 1. The third kappa shape index (κ3) is 7.98. The Bertz CT molecular complexity index is 1370. The second-order valence-electron chi connectivity index (χ2n) is 14.3. The first-order chi connectivity index (χ1) is 24.1. The van der Waals surface area contributed by atoms with Gasteiger partial charge in [0.1, 0.15) is 18.2 Å². The number of esters is 1. The number of likely N-dealkylation sites (tertiary alicyclic amines) is 1. The lowest BCUT2D eigenvalue weighted by Crippen LogP contribution is -2.59. The highest BCUT2D eigenvalue weighted by Crippen LogP contribution is 2.59. The van der Waals surface area contributed by atoms with Crippen molar-refractivity contribution in [1.29, 1.82) is 0 Å². The van der Waals surface area contributed by atoms with Crippen LogP contribution in [0.3, 0.4) is 0 Å². The molecule has 0 radical (unpaired) electrons. The predicted octanol–water partition coefficient (Wildman–Crippen LogP) is 2.48. The molecule has 0 unspecified atom stereocenters. The van der Waals surface area contributed by atoms with E-state index in [1.54, 1.807) is 22.0 Å². The quantitative estimate of drug-likeness (QED) is 0.175. The molecule has 4 fully saturated rings. The molecule has 1 aromatic rings. The highest BCUT2D eigenvalue weighted by atomic mass is 16.5. The molecule has 4 aliphatic rings. The minimum Gasteiger partial charge on any atom is -0.463 e. The maximum absolute atomic E-state index is 14.8. The number of ether oxygens (including phenoxy) is 3. The van der Waals surface area contributed by atoms with Crippen molar-refractivity contribution >= 4 is 23.7 Å². The summed E-state index contributed by atoms with van der Waals surface area (Å²) in [5.41, 5.74) is -0.468. The summed E-state index contributed by atoms with van der Waals surface area (Å²) in [4.78, 5) is 61.8. The Morgan fingerprint density at radius 1 is 1.16 bits per heavy atom. The Labute approximate surface area is 295 Å². The Morgan fingerprint density at radius 2 is 1.90 bits per heavy atom. The highest BCUT2D eigenvalue weighted by Gasteiger charge is 2.75. The zero-order chi connectivity index (χ0) is 35.8. The van der Waals surface area contributed by atoms with E-state index in [0.717, 1.165) is 18.7 Å². The van der Waals surface area contributed by atoms with Gasteiger partial charge in [-0.15, -0.1) is 13.2 Å². The molecule has 2 N–H and O–H groups in total. The maximum atomic E-state index is 14.8. The SMILES string of the molecule is C=CCCC(=O)OC[C@@H](NC(=O)[C@@H]1[C@@H]2CC[C@]3(O2)[C@H](C(=O)N(CC=C)CCN2CCOCC2)N([C@@H](CO)CC(C)C)C(=O)[C@@H]13)c1ccccc1. The van der Waals surface area contributed by atoms with Gasteiger partial charge in [-0.25, -0.2) is 0 Å². The highest BCUT2D eigenvalue weighted by molar-refractivity contribution is 5.99. The molecular weight excluding hydrogens is 640 g/mol. The number of amides is 3. The summed E-state index contributed by atoms with van der Waals surface area (Å²) in [5, 5.41) is 13.7. The predicted molar refractivity (Wildman–Crippen MR) is 187 cm³/mol. The topological polar surface area (TPSA) is 138 Å². The smallest absolute Gasteiger partial charge is 0.306 e. The average molecular weight is 695 g/mol. The van der Waals surface area contributed by atoms with Crippen LogP contribution >= 0.6 is 0 Å². The second-order valence-corrected chi connectivity index (χ2v) is 14.3. The molecule has 1 aromatic carbocycles. The van der Waals surface area contributed by atoms with Gasteiger partial charge >= 0.3 is 5.97 Å². The van der Waals surface area contributed by atoms with Crippen LogP contribution in [-0.2, 0) is 33.4 Å². The third-order valence-electron chi connectivity index (χ3n) is 10.6. The first-order valence-corrected chi connectivity index (χ1v) is 18.1. The molecule has 2 bridgehead atoms. The van der Waals surface area contributed by atoms with Crippen LogP contribution in [0, 0.1) is 17.8 Å². The molecule has 50 heavy (non-hydrogen) atoms. The van der Waals surface area contributed by atoms with Crippen molar-refractivity contribution in [1.82, 2.24) is 20.0 Å². The van der Waals surface area contributed by atoms with Gasteiger partial charge in [0.15, 0.2) is 0 Å². The number of aliphatic hydroxyl groups is 1. The molecule has 3 amide bonds. The van der Waals surface area contributed by atoms with Gasteiger partial charge in [-0.1, -0.05) is 56.3 Å². The molecule has 7 atom stereocenters. The number of fused-ring (bicyclic) bond motifs is 1. The number of nitrogens with one attached hydrogen (secondary N) is 1. The van der Waals surface area contributed by atoms with E-state index >= 15 is 0 Å². The van der Waals surface area contributed by atoms with Gasteiger partial charge in [0, 0.05) is 39.1 Å². The van der Waals surface area contributed by atoms with Crippen molar-refractivity contribution in [3.8, 4) is 0 Å². The third-order valence-corrected chi connectivity index (χ3v) is 10.6. The number of allylic oxidation sites excluding steroid dienone is 1. The fourth-order valence-corrected chi connectivity index (χ4v) is 8.23. The summed E-state index contributed by atoms with van der Waals surface area (Å²) in [6, 6.07) is 6.96. The number of carbonyl (C=O) groups excluding carboxylic acids is 4. The van der Waals surface area contributed by atoms with E-state index in [1.165, 1.54) is 0 Å². The lowest BCUT2D eigenvalue weighted by molar-refractivity contribution is -0.151. The van der Waals surface area contributed by atoms with E-state index in [1.807, 2.05) is 44.2 Å². The van der Waals surface area contributed by atoms with Crippen molar-refractivity contribution < 1.29 is 38.5 Å². The number of hydrogen-bond acceptors (Lipinski definition) is 9. The summed E-state index contributed by atoms with van der Waals surface area (Å²) in [7, 11) is 0. The minimum absolute atomic E-state index is 0.0817. The molecule has 5 rings (SSSR count). The van der Waals surface area contributed by atoms with Gasteiger partial charge < -0.3 is 34.4 Å². The van der Waals surface area contributed by atoms with Gasteiger partial charge in [0.2, 0.25) is 17.7 Å². The summed E-state index contributed by atoms with van der Waals surface area (Å²) >= 11 is 0. The standard InChI is InChI=1S/C38H54N4O8/c1-5-7-13-31(44)49-25-29(27-11-9-8-10-12-27)39-35(45)32-30-14-15-38(50-30)33(32)36(46)42(28(24-43)23-26(3)4)34(38)37(47)41(16-6-2)18-17-40-19-21-48-22-20-40/h5-6,8-12,26,28-30,32-34,43H,1-2,7,13-25H2,3-4H3,(H,39,45)/t28-,29-,30+,32-,33-,34+,38-/m1/s1. The minimum atomic E-state index is -1.22. The Morgan fingerprint density at radius 3 is 2.56 bits per heavy atom. The molecule has 0 saturated carbocycles. The van der Waals surface area contributed by atoms with E-state index in [-0.39, 0.29) is 43.9 Å². The monoisotopic (exact) mass is 694 g/mol. The summed E-state index contributed by atoms with van der Waals surface area (Å²) in [6.45, 7) is 15.4. The van der Waals surface area contributed by atoms with Crippen molar-refractivity contribution in [3.05, 3.63) is 61.2 Å². The lowest BCUT2D eigenvalue weighted by Gasteiger charge is -2.40. The van der Waals surface area contributed by atoms with E-state index < -0.39 is 53.5 Å². The number of hydrogen-bond donors (Lipinski definition) is 2. The van der Waals surface area contributed by atoms with E-state index in [4.69, 9.17) is 14.2 Å². The Balaban J connectivity index is 1.44. The Kier molecular flexibility index (Phi) is 12.9. The molecule has 12 heteroatoms. The summed E-state index contributed by atoms with van der Waals surface area (Å²) in [5.74, 6) is -3.03. The number of aliphatic hydroxyl groups excluding tert-OH is 1. The normalized spacial score (nSPS) is 27.1. The van der Waals surface area contributed by atoms with Crippen molar-refractivity contribution in [3.63, 3.8) is 0 Å². The zero-order valence-corrected chi connectivity index (χ0v) is 29.5. The molecule has 4 saturated heterocycles. The van der Waals surface area contributed by atoms with Crippen LogP contribution in [0.25, 0.3) is 0 Å². The molecular formula is C38H54N4O8. The van der Waals surface area contributed by atoms with Crippen LogP contribution in [0.2, 0.25) is 0 Å². The molecule has 4 aliphatic heterocycles. The van der Waals surface area contributed by atoms with Crippen molar-refractivity contribution in [2.24, 2.45) is 17.8 Å². The van der Waals surface area contributed by atoms with Gasteiger partial charge in [0.25, 0.3) is 0 Å². The average Bonchev–Trinajstić information content (AvgIpc) is 3.77. The number of nitrogens with zero attached hydrogens (tertiary/aromatic N) is 3. The Hall–Kier alpha value is -3.58. The second kappa shape index (κ2) is 17.1. The van der Waals surface area contributed by atoms with Crippen LogP contribution in [-0.4, -0.2) is 126 Å². The van der Waals surface area contributed by atoms with Crippen LogP contribution < -0.4 is 5.32 Å². The number of benzene rings is 1. The first kappa shape index (κ1) is 37.7. The van der Waals surface area contributed by atoms with Crippen molar-refractivity contribution in [2.75, 3.05) is 59.2 Å². The summed E-state index contributed by atoms with van der Waals surface area (Å²) < 4.78 is 17.8. The van der Waals surface area contributed by atoms with Crippen LogP contribution in [0.15, 0.2) is 55.6 Å². The summed E-state index contributed by atoms with van der Waals surface area (Å²) in [6.07, 6.45) is 4.86. The fourth-order valence-electron chi connectivity index (χ4n) is 8.23.